The normalized spacial score (nSPS) is 10.4. The van der Waals surface area contributed by atoms with E-state index in [2.05, 4.69) is 20.7 Å². The van der Waals surface area contributed by atoms with Crippen LogP contribution in [0.15, 0.2) is 34.8 Å². The minimum Gasteiger partial charge on any atom is -0.698 e. The minimum atomic E-state index is -0.516. The number of benzene rings is 1. The maximum absolute atomic E-state index is 10.8. The number of carbonyl (C=O) groups is 1. The van der Waals surface area contributed by atoms with Crippen molar-refractivity contribution in [3.63, 3.8) is 0 Å². The Bertz CT molecular complexity index is 362. The van der Waals surface area contributed by atoms with Crippen LogP contribution in [0.5, 0.6) is 0 Å². The second kappa shape index (κ2) is 7.43. The van der Waals surface area contributed by atoms with Gasteiger partial charge < -0.3 is 10.5 Å². The first-order chi connectivity index (χ1) is 6.63. The molecular formula is C10H9AcBrNO2-. The van der Waals surface area contributed by atoms with Crippen molar-refractivity contribution in [3.8, 4) is 0 Å². The summed E-state index contributed by atoms with van der Waals surface area (Å²) in [5, 5.41) is 0. The standard InChI is InChI=1S/C10H10BrNO2.Ac/c1-14-10(13)6-9(12)7-2-4-8(11)5-3-7;/h2-6H,1H3,(H2,12,13);/p-1. The summed E-state index contributed by atoms with van der Waals surface area (Å²) >= 11 is 3.29. The molecule has 0 aliphatic rings. The average molecular weight is 482 g/mol. The second-order valence-corrected chi connectivity index (χ2v) is 3.50. The third-order valence-electron chi connectivity index (χ3n) is 1.62. The van der Waals surface area contributed by atoms with Crippen molar-refractivity contribution in [2.24, 2.45) is 0 Å². The number of rotatable bonds is 2. The van der Waals surface area contributed by atoms with Crippen molar-refractivity contribution in [2.45, 2.75) is 0 Å². The SMILES string of the molecule is COC(=O)/C=C(\[NH-])c1ccc(Br)cc1.[Ac]. The van der Waals surface area contributed by atoms with Crippen molar-refractivity contribution in [1.82, 2.24) is 0 Å². The molecule has 1 aromatic rings. The minimum absolute atomic E-state index is 0. The zero-order valence-corrected chi connectivity index (χ0v) is 14.5. The van der Waals surface area contributed by atoms with Gasteiger partial charge in [-0.2, -0.15) is 0 Å². The maximum Gasteiger partial charge on any atom is 0.329 e. The van der Waals surface area contributed by atoms with E-state index >= 15 is 0 Å². The van der Waals surface area contributed by atoms with E-state index in [0.717, 1.165) is 10.5 Å². The Balaban J connectivity index is 0.00000196. The van der Waals surface area contributed by atoms with Crippen LogP contribution in [0.2, 0.25) is 0 Å². The number of hydrogen-bond acceptors (Lipinski definition) is 2. The van der Waals surface area contributed by atoms with Crippen molar-refractivity contribution in [3.05, 3.63) is 46.1 Å². The molecule has 0 bridgehead atoms. The van der Waals surface area contributed by atoms with Crippen LogP contribution in [0.3, 0.4) is 0 Å². The predicted molar refractivity (Wildman–Crippen MR) is 58.5 cm³/mol. The van der Waals surface area contributed by atoms with Crippen LogP contribution in [0.25, 0.3) is 11.4 Å². The summed E-state index contributed by atoms with van der Waals surface area (Å²) < 4.78 is 5.36. The van der Waals surface area contributed by atoms with Crippen LogP contribution in [-0.2, 0) is 9.53 Å². The fourth-order valence-corrected chi connectivity index (χ4v) is 1.15. The number of ether oxygens (including phenoxy) is 1. The van der Waals surface area contributed by atoms with Gasteiger partial charge >= 0.3 is 5.97 Å². The molecule has 0 saturated heterocycles. The third-order valence-corrected chi connectivity index (χ3v) is 2.15. The number of methoxy groups -OCH3 is 1. The van der Waals surface area contributed by atoms with Gasteiger partial charge in [0.15, 0.2) is 0 Å². The Labute approximate surface area is 133 Å². The molecule has 5 heteroatoms. The van der Waals surface area contributed by atoms with E-state index in [9.17, 15) is 4.79 Å². The molecule has 0 heterocycles. The average Bonchev–Trinajstić information content (AvgIpc) is 2.18. The van der Waals surface area contributed by atoms with Gasteiger partial charge in [-0.3, -0.25) is 0 Å². The third kappa shape index (κ3) is 5.15. The second-order valence-electron chi connectivity index (χ2n) is 2.59. The molecule has 15 heavy (non-hydrogen) atoms. The molecule has 3 nitrogen and oxygen atoms in total. The zero-order valence-electron chi connectivity index (χ0n) is 8.16. The van der Waals surface area contributed by atoms with Gasteiger partial charge in [0.05, 0.1) is 7.11 Å². The Kier molecular flexibility index (Phi) is 7.50. The molecular weight excluding hydrogens is 473 g/mol. The van der Waals surface area contributed by atoms with E-state index in [0.29, 0.717) is 5.56 Å². The van der Waals surface area contributed by atoms with Crippen LogP contribution in [0.1, 0.15) is 5.56 Å². The van der Waals surface area contributed by atoms with Crippen LogP contribution in [-0.4, -0.2) is 13.1 Å². The van der Waals surface area contributed by atoms with Gasteiger partial charge in [-0.1, -0.05) is 28.1 Å². The van der Waals surface area contributed by atoms with Crippen molar-refractivity contribution in [2.75, 3.05) is 7.11 Å². The van der Waals surface area contributed by atoms with Crippen LogP contribution < -0.4 is 0 Å². The molecule has 0 unspecified atom stereocenters. The fourth-order valence-electron chi connectivity index (χ4n) is 0.890. The van der Waals surface area contributed by atoms with Gasteiger partial charge in [0, 0.05) is 54.6 Å². The number of nitrogens with one attached hydrogen (secondary N) is 1. The Morgan fingerprint density at radius 3 is 2.40 bits per heavy atom. The van der Waals surface area contributed by atoms with Crippen molar-refractivity contribution < 1.29 is 53.6 Å². The molecule has 0 spiro atoms. The van der Waals surface area contributed by atoms with Gasteiger partial charge in [0.2, 0.25) is 0 Å². The quantitative estimate of drug-likeness (QED) is 0.481. The molecule has 77 valence electrons. The maximum atomic E-state index is 10.8. The molecule has 0 aromatic heterocycles. The molecule has 0 saturated carbocycles. The smallest absolute Gasteiger partial charge is 0.329 e. The van der Waals surface area contributed by atoms with Crippen LogP contribution in [0.4, 0.5) is 0 Å². The first-order valence-electron chi connectivity index (χ1n) is 3.90. The van der Waals surface area contributed by atoms with Crippen molar-refractivity contribution in [1.29, 1.82) is 0 Å². The topological polar surface area (TPSA) is 50.1 Å². The Hall–Kier alpha value is 0.152. The molecule has 1 rings (SSSR count). The zero-order chi connectivity index (χ0) is 10.6. The molecule has 0 aliphatic heterocycles. The molecule has 0 aliphatic carbocycles. The molecule has 0 amide bonds. The van der Waals surface area contributed by atoms with Gasteiger partial charge in [-0.05, 0) is 17.7 Å². The molecule has 1 radical (unpaired) electrons. The van der Waals surface area contributed by atoms with E-state index in [1.807, 2.05) is 12.1 Å². The van der Waals surface area contributed by atoms with Crippen LogP contribution >= 0.6 is 15.9 Å². The number of esters is 1. The van der Waals surface area contributed by atoms with E-state index in [4.69, 9.17) is 5.73 Å². The number of halogens is 1. The predicted octanol–water partition coefficient (Wildman–Crippen LogP) is 3.02. The summed E-state index contributed by atoms with van der Waals surface area (Å²) in [4.78, 5) is 10.8. The van der Waals surface area contributed by atoms with Crippen LogP contribution in [0, 0.1) is 44.1 Å². The van der Waals surface area contributed by atoms with Gasteiger partial charge in [-0.25, -0.2) is 4.79 Å². The molecule has 1 N–H and O–H groups in total. The Morgan fingerprint density at radius 2 is 1.93 bits per heavy atom. The van der Waals surface area contributed by atoms with E-state index in [1.165, 1.54) is 7.11 Å². The van der Waals surface area contributed by atoms with E-state index in [1.54, 1.807) is 12.1 Å². The summed E-state index contributed by atoms with van der Waals surface area (Å²) in [5.74, 6) is -0.516. The van der Waals surface area contributed by atoms with Crippen molar-refractivity contribution >= 4 is 27.6 Å². The molecule has 0 fully saturated rings. The molecule has 0 atom stereocenters. The summed E-state index contributed by atoms with van der Waals surface area (Å²) in [6.45, 7) is 0. The van der Waals surface area contributed by atoms with Gasteiger partial charge in [0.25, 0.3) is 0 Å². The first kappa shape index (κ1) is 15.2. The number of hydrogen-bond donors (Lipinski definition) is 0. The fraction of sp³-hybridized carbons (Fsp3) is 0.100. The van der Waals surface area contributed by atoms with E-state index < -0.39 is 5.97 Å². The Morgan fingerprint density at radius 1 is 1.40 bits per heavy atom. The first-order valence-corrected chi connectivity index (χ1v) is 4.70. The van der Waals surface area contributed by atoms with Gasteiger partial charge in [0.1, 0.15) is 0 Å². The summed E-state index contributed by atoms with van der Waals surface area (Å²) in [5.41, 5.74) is 8.38. The van der Waals surface area contributed by atoms with E-state index in [-0.39, 0.29) is 49.8 Å². The largest absolute Gasteiger partial charge is 0.698 e. The monoisotopic (exact) mass is 481 g/mol. The summed E-state index contributed by atoms with van der Waals surface area (Å²) in [6.07, 6.45) is 1.14. The summed E-state index contributed by atoms with van der Waals surface area (Å²) in [7, 11) is 1.29. The summed E-state index contributed by atoms with van der Waals surface area (Å²) in [6, 6.07) is 7.14. The van der Waals surface area contributed by atoms with Gasteiger partial charge in [-0.15, -0.1) is 5.70 Å². The number of carbonyl (C=O) groups excluding carboxylic acids is 1. The molecule has 1 aromatic carbocycles.